The van der Waals surface area contributed by atoms with Gasteiger partial charge in [0.15, 0.2) is 0 Å². The minimum atomic E-state index is 0.414. The highest BCUT2D eigenvalue weighted by Crippen LogP contribution is 2.16. The molecule has 15 heavy (non-hydrogen) atoms. The lowest BCUT2D eigenvalue weighted by molar-refractivity contribution is 0.299. The maximum absolute atomic E-state index is 4.17. The number of likely N-dealkylation sites (tertiary alicyclic amines) is 1. The molecule has 0 aromatic carbocycles. The monoisotopic (exact) mass is 205 g/mol. The molecule has 3 nitrogen and oxygen atoms in total. The van der Waals surface area contributed by atoms with Crippen LogP contribution in [0.25, 0.3) is 0 Å². The predicted molar refractivity (Wildman–Crippen MR) is 61.7 cm³/mol. The van der Waals surface area contributed by atoms with E-state index in [0.29, 0.717) is 6.04 Å². The Morgan fingerprint density at radius 2 is 2.27 bits per heavy atom. The van der Waals surface area contributed by atoms with Crippen molar-refractivity contribution in [1.82, 2.24) is 15.2 Å². The number of hydrogen-bond acceptors (Lipinski definition) is 3. The molecule has 82 valence electrons. The summed E-state index contributed by atoms with van der Waals surface area (Å²) in [6, 6.07) is 4.56. The van der Waals surface area contributed by atoms with Crippen molar-refractivity contribution in [2.24, 2.45) is 0 Å². The van der Waals surface area contributed by atoms with E-state index < -0.39 is 0 Å². The molecule has 1 saturated heterocycles. The summed E-state index contributed by atoms with van der Waals surface area (Å²) in [4.78, 5) is 6.69. The van der Waals surface area contributed by atoms with Gasteiger partial charge in [-0.2, -0.15) is 0 Å². The summed E-state index contributed by atoms with van der Waals surface area (Å²) in [5, 5.41) is 3.36. The predicted octanol–water partition coefficient (Wildman–Crippen LogP) is 1.44. The van der Waals surface area contributed by atoms with Crippen LogP contribution in [0.2, 0.25) is 0 Å². The first kappa shape index (κ1) is 10.6. The van der Waals surface area contributed by atoms with Crippen molar-refractivity contribution >= 4 is 0 Å². The Labute approximate surface area is 91.5 Å². The summed E-state index contributed by atoms with van der Waals surface area (Å²) in [6.07, 6.45) is 6.48. The van der Waals surface area contributed by atoms with Gasteiger partial charge in [-0.05, 0) is 44.6 Å². The second kappa shape index (κ2) is 5.24. The van der Waals surface area contributed by atoms with E-state index in [-0.39, 0.29) is 0 Å². The van der Waals surface area contributed by atoms with Crippen LogP contribution in [-0.2, 0) is 0 Å². The average molecular weight is 205 g/mol. The summed E-state index contributed by atoms with van der Waals surface area (Å²) in [7, 11) is 2.02. The number of likely N-dealkylation sites (N-methyl/N-ethyl adjacent to an activating group) is 1. The lowest BCUT2D eigenvalue weighted by Gasteiger charge is -2.23. The molecular formula is C12H19N3. The fraction of sp³-hybridized carbons (Fsp3) is 0.583. The Kier molecular flexibility index (Phi) is 3.69. The normalized spacial score (nSPS) is 19.3. The maximum atomic E-state index is 4.17. The lowest BCUT2D eigenvalue weighted by atomic mass is 10.1. The van der Waals surface area contributed by atoms with Gasteiger partial charge in [0.25, 0.3) is 0 Å². The van der Waals surface area contributed by atoms with Gasteiger partial charge in [-0.3, -0.25) is 4.98 Å². The fourth-order valence-corrected chi connectivity index (χ4v) is 2.17. The van der Waals surface area contributed by atoms with E-state index in [1.54, 1.807) is 0 Å². The molecule has 0 bridgehead atoms. The van der Waals surface area contributed by atoms with Crippen molar-refractivity contribution in [2.45, 2.75) is 18.9 Å². The molecule has 1 aromatic rings. The molecule has 2 heterocycles. The topological polar surface area (TPSA) is 28.2 Å². The number of aromatic nitrogens is 1. The smallest absolute Gasteiger partial charge is 0.0462 e. The number of nitrogens with zero attached hydrogens (tertiary/aromatic N) is 2. The number of rotatable bonds is 4. The van der Waals surface area contributed by atoms with Crippen LogP contribution in [0.15, 0.2) is 24.5 Å². The van der Waals surface area contributed by atoms with E-state index in [1.165, 1.54) is 31.5 Å². The first-order chi connectivity index (χ1) is 7.40. The van der Waals surface area contributed by atoms with E-state index >= 15 is 0 Å². The Bertz CT molecular complexity index is 280. The van der Waals surface area contributed by atoms with E-state index in [4.69, 9.17) is 0 Å². The molecule has 2 rings (SSSR count). The zero-order chi connectivity index (χ0) is 10.5. The van der Waals surface area contributed by atoms with Crippen LogP contribution >= 0.6 is 0 Å². The van der Waals surface area contributed by atoms with E-state index in [1.807, 2.05) is 25.5 Å². The highest BCUT2D eigenvalue weighted by atomic mass is 15.2. The lowest BCUT2D eigenvalue weighted by Crippen LogP contribution is -2.31. The third-order valence-corrected chi connectivity index (χ3v) is 3.07. The molecule has 0 saturated carbocycles. The summed E-state index contributed by atoms with van der Waals surface area (Å²) in [5.74, 6) is 0. The number of hydrogen-bond donors (Lipinski definition) is 1. The van der Waals surface area contributed by atoms with E-state index in [0.717, 1.165) is 6.54 Å². The van der Waals surface area contributed by atoms with Gasteiger partial charge in [0.1, 0.15) is 0 Å². The van der Waals surface area contributed by atoms with Crippen molar-refractivity contribution in [3.05, 3.63) is 30.1 Å². The van der Waals surface area contributed by atoms with Crippen LogP contribution in [0.4, 0.5) is 0 Å². The molecule has 0 spiro atoms. The van der Waals surface area contributed by atoms with Crippen molar-refractivity contribution in [3.8, 4) is 0 Å². The van der Waals surface area contributed by atoms with Crippen LogP contribution in [0.3, 0.4) is 0 Å². The first-order valence-corrected chi connectivity index (χ1v) is 5.69. The highest BCUT2D eigenvalue weighted by molar-refractivity contribution is 5.14. The van der Waals surface area contributed by atoms with Gasteiger partial charge in [0.05, 0.1) is 0 Å². The molecule has 1 N–H and O–H groups in total. The fourth-order valence-electron chi connectivity index (χ4n) is 2.17. The third-order valence-electron chi connectivity index (χ3n) is 3.07. The summed E-state index contributed by atoms with van der Waals surface area (Å²) in [5.41, 5.74) is 1.28. The molecule has 0 amide bonds. The summed E-state index contributed by atoms with van der Waals surface area (Å²) in [6.45, 7) is 3.60. The molecule has 3 heteroatoms. The van der Waals surface area contributed by atoms with Crippen molar-refractivity contribution in [1.29, 1.82) is 0 Å². The second-order valence-corrected chi connectivity index (χ2v) is 4.14. The van der Waals surface area contributed by atoms with Crippen molar-refractivity contribution in [3.63, 3.8) is 0 Å². The van der Waals surface area contributed by atoms with Crippen LogP contribution in [0.5, 0.6) is 0 Å². The van der Waals surface area contributed by atoms with Crippen LogP contribution in [0, 0.1) is 0 Å². The quantitative estimate of drug-likeness (QED) is 0.806. The van der Waals surface area contributed by atoms with E-state index in [9.17, 15) is 0 Å². The Morgan fingerprint density at radius 3 is 2.87 bits per heavy atom. The Hall–Kier alpha value is -0.930. The molecule has 0 radical (unpaired) electrons. The minimum Gasteiger partial charge on any atom is -0.312 e. The van der Waals surface area contributed by atoms with Gasteiger partial charge in [-0.1, -0.05) is 6.07 Å². The molecule has 1 aromatic heterocycles. The highest BCUT2D eigenvalue weighted by Gasteiger charge is 2.17. The van der Waals surface area contributed by atoms with Crippen LogP contribution < -0.4 is 5.32 Å². The van der Waals surface area contributed by atoms with Crippen LogP contribution in [-0.4, -0.2) is 36.6 Å². The molecule has 1 aliphatic heterocycles. The van der Waals surface area contributed by atoms with Gasteiger partial charge >= 0.3 is 0 Å². The molecule has 0 aliphatic carbocycles. The molecule has 1 fully saturated rings. The zero-order valence-corrected chi connectivity index (χ0v) is 9.32. The molecule has 1 atom stereocenters. The van der Waals surface area contributed by atoms with E-state index in [2.05, 4.69) is 21.3 Å². The summed E-state index contributed by atoms with van der Waals surface area (Å²) < 4.78 is 0. The van der Waals surface area contributed by atoms with Gasteiger partial charge in [0, 0.05) is 25.0 Å². The standard InChI is InChI=1S/C12H19N3/c1-13-12(10-15-7-2-3-8-15)11-5-4-6-14-9-11/h4-6,9,12-13H,2-3,7-8,10H2,1H3/t12-/m0/s1. The van der Waals surface area contributed by atoms with Gasteiger partial charge < -0.3 is 10.2 Å². The summed E-state index contributed by atoms with van der Waals surface area (Å²) >= 11 is 0. The van der Waals surface area contributed by atoms with Gasteiger partial charge in [-0.25, -0.2) is 0 Å². The first-order valence-electron chi connectivity index (χ1n) is 5.69. The zero-order valence-electron chi connectivity index (χ0n) is 9.32. The third kappa shape index (κ3) is 2.76. The van der Waals surface area contributed by atoms with Crippen molar-refractivity contribution < 1.29 is 0 Å². The SMILES string of the molecule is CN[C@@H](CN1CCCC1)c1cccnc1. The van der Waals surface area contributed by atoms with Crippen molar-refractivity contribution in [2.75, 3.05) is 26.7 Å². The Morgan fingerprint density at radius 1 is 1.47 bits per heavy atom. The minimum absolute atomic E-state index is 0.414. The number of nitrogens with one attached hydrogen (secondary N) is 1. The van der Waals surface area contributed by atoms with Gasteiger partial charge in [-0.15, -0.1) is 0 Å². The van der Waals surface area contributed by atoms with Crippen LogP contribution in [0.1, 0.15) is 24.4 Å². The molecule has 0 unspecified atom stereocenters. The Balaban J connectivity index is 1.97. The maximum Gasteiger partial charge on any atom is 0.0462 e. The second-order valence-electron chi connectivity index (χ2n) is 4.14. The molecular weight excluding hydrogens is 186 g/mol. The van der Waals surface area contributed by atoms with Gasteiger partial charge in [0.2, 0.25) is 0 Å². The largest absolute Gasteiger partial charge is 0.312 e. The number of pyridine rings is 1. The molecule has 1 aliphatic rings. The average Bonchev–Trinajstić information content (AvgIpc) is 2.80.